The molecule has 2 rings (SSSR count). The van der Waals surface area contributed by atoms with Crippen LogP contribution in [-0.2, 0) is 14.3 Å². The van der Waals surface area contributed by atoms with Crippen molar-refractivity contribution in [2.24, 2.45) is 0 Å². The smallest absolute Gasteiger partial charge is 0.340 e. The Morgan fingerprint density at radius 3 is 2.38 bits per heavy atom. The van der Waals surface area contributed by atoms with Crippen molar-refractivity contribution in [2.45, 2.75) is 0 Å². The van der Waals surface area contributed by atoms with Crippen LogP contribution in [0.4, 0.5) is 15.8 Å². The Balaban J connectivity index is 1.75. The van der Waals surface area contributed by atoms with Crippen LogP contribution in [0.25, 0.3) is 0 Å². The van der Waals surface area contributed by atoms with Gasteiger partial charge in [0.05, 0.1) is 12.1 Å². The average Bonchev–Trinajstić information content (AvgIpc) is 2.66. The average molecular weight is 359 g/mol. The number of hydrogen-bond donors (Lipinski definition) is 3. The minimum Gasteiger partial charge on any atom is -0.452 e. The van der Waals surface area contributed by atoms with E-state index in [1.165, 1.54) is 24.3 Å². The summed E-state index contributed by atoms with van der Waals surface area (Å²) in [5, 5.41) is 7.68. The summed E-state index contributed by atoms with van der Waals surface area (Å²) in [7, 11) is 1.67. The largest absolute Gasteiger partial charge is 0.452 e. The van der Waals surface area contributed by atoms with Crippen molar-refractivity contribution in [3.8, 4) is 0 Å². The van der Waals surface area contributed by atoms with Gasteiger partial charge in [0.25, 0.3) is 5.91 Å². The van der Waals surface area contributed by atoms with Crippen molar-refractivity contribution in [2.75, 3.05) is 30.8 Å². The monoisotopic (exact) mass is 359 g/mol. The Kier molecular flexibility index (Phi) is 6.67. The molecule has 3 N–H and O–H groups in total. The molecule has 2 aromatic carbocycles. The summed E-state index contributed by atoms with van der Waals surface area (Å²) in [4.78, 5) is 35.4. The highest BCUT2D eigenvalue weighted by Crippen LogP contribution is 2.15. The maximum atomic E-state index is 12.8. The van der Waals surface area contributed by atoms with E-state index in [9.17, 15) is 18.8 Å². The first kappa shape index (κ1) is 18.9. The van der Waals surface area contributed by atoms with E-state index in [0.717, 1.165) is 0 Å². The third-order valence-electron chi connectivity index (χ3n) is 3.32. The molecule has 0 fully saturated rings. The number of nitrogens with one attached hydrogen (secondary N) is 3. The summed E-state index contributed by atoms with van der Waals surface area (Å²) in [6, 6.07) is 11.9. The zero-order valence-corrected chi connectivity index (χ0v) is 14.0. The maximum Gasteiger partial charge on any atom is 0.340 e. The number of carbonyl (C=O) groups excluding carboxylic acids is 3. The lowest BCUT2D eigenvalue weighted by Gasteiger charge is -2.09. The molecule has 2 aromatic rings. The summed E-state index contributed by atoms with van der Waals surface area (Å²) in [6.07, 6.45) is 0. The van der Waals surface area contributed by atoms with Gasteiger partial charge in [-0.05, 0) is 36.4 Å². The van der Waals surface area contributed by atoms with Gasteiger partial charge in [0.1, 0.15) is 5.82 Å². The van der Waals surface area contributed by atoms with Crippen LogP contribution in [0.1, 0.15) is 10.4 Å². The van der Waals surface area contributed by atoms with E-state index in [-0.39, 0.29) is 6.54 Å². The second kappa shape index (κ2) is 9.16. The van der Waals surface area contributed by atoms with E-state index in [1.807, 2.05) is 0 Å². The number of rotatable bonds is 7. The summed E-state index contributed by atoms with van der Waals surface area (Å²) in [5.74, 6) is -2.18. The molecule has 0 bridgehead atoms. The van der Waals surface area contributed by atoms with Gasteiger partial charge in [0.2, 0.25) is 5.91 Å². The molecule has 8 heteroatoms. The number of halogens is 1. The first-order valence-electron chi connectivity index (χ1n) is 7.75. The van der Waals surface area contributed by atoms with E-state index < -0.39 is 30.2 Å². The van der Waals surface area contributed by atoms with Crippen molar-refractivity contribution in [3.63, 3.8) is 0 Å². The predicted octanol–water partition coefficient (Wildman–Crippen LogP) is 1.78. The van der Waals surface area contributed by atoms with Crippen molar-refractivity contribution in [1.82, 2.24) is 5.32 Å². The second-order valence-corrected chi connectivity index (χ2v) is 5.20. The molecule has 0 aliphatic carbocycles. The summed E-state index contributed by atoms with van der Waals surface area (Å²) in [5.41, 5.74) is 1.29. The molecule has 7 nitrogen and oxygen atoms in total. The van der Waals surface area contributed by atoms with Gasteiger partial charge in [0, 0.05) is 18.4 Å². The summed E-state index contributed by atoms with van der Waals surface area (Å²) in [6.45, 7) is -0.818. The zero-order valence-electron chi connectivity index (χ0n) is 14.0. The molecule has 0 aromatic heterocycles. The molecule has 0 saturated carbocycles. The van der Waals surface area contributed by atoms with Gasteiger partial charge in [-0.3, -0.25) is 9.59 Å². The number of carbonyl (C=O) groups is 3. The van der Waals surface area contributed by atoms with Crippen LogP contribution in [0.2, 0.25) is 0 Å². The van der Waals surface area contributed by atoms with E-state index in [2.05, 4.69) is 16.0 Å². The van der Waals surface area contributed by atoms with Crippen LogP contribution in [0, 0.1) is 5.82 Å². The van der Waals surface area contributed by atoms with Crippen LogP contribution in [0.15, 0.2) is 48.5 Å². The summed E-state index contributed by atoms with van der Waals surface area (Å²) < 4.78 is 17.7. The number of ether oxygens (including phenoxy) is 1. The van der Waals surface area contributed by atoms with Gasteiger partial charge >= 0.3 is 5.97 Å². The third-order valence-corrected chi connectivity index (χ3v) is 3.32. The van der Waals surface area contributed by atoms with Gasteiger partial charge in [-0.2, -0.15) is 0 Å². The molecule has 0 atom stereocenters. The van der Waals surface area contributed by atoms with Crippen LogP contribution in [0.3, 0.4) is 0 Å². The van der Waals surface area contributed by atoms with Crippen molar-refractivity contribution in [3.05, 3.63) is 59.9 Å². The van der Waals surface area contributed by atoms with E-state index in [1.54, 1.807) is 31.3 Å². The topological polar surface area (TPSA) is 96.5 Å². The highest BCUT2D eigenvalue weighted by atomic mass is 19.1. The molecular formula is C18H18FN3O4. The van der Waals surface area contributed by atoms with Crippen LogP contribution < -0.4 is 16.0 Å². The normalized spacial score (nSPS) is 9.92. The quantitative estimate of drug-likeness (QED) is 0.655. The molecule has 0 unspecified atom stereocenters. The molecular weight excluding hydrogens is 341 g/mol. The van der Waals surface area contributed by atoms with E-state index in [0.29, 0.717) is 16.9 Å². The number of benzene rings is 2. The molecule has 0 aliphatic heterocycles. The van der Waals surface area contributed by atoms with Crippen molar-refractivity contribution >= 4 is 29.2 Å². The number of hydrogen-bond acceptors (Lipinski definition) is 5. The predicted molar refractivity (Wildman–Crippen MR) is 94.3 cm³/mol. The number of esters is 1. The van der Waals surface area contributed by atoms with Crippen LogP contribution in [0.5, 0.6) is 0 Å². The number of anilines is 2. The highest BCUT2D eigenvalue weighted by molar-refractivity contribution is 5.97. The van der Waals surface area contributed by atoms with Gasteiger partial charge in [-0.15, -0.1) is 0 Å². The lowest BCUT2D eigenvalue weighted by atomic mass is 10.2. The summed E-state index contributed by atoms with van der Waals surface area (Å²) >= 11 is 0. The standard InChI is InChI=1S/C18H18FN3O4/c1-20-15-5-3-2-4-14(15)18(25)26-11-17(24)21-10-16(23)22-13-8-6-12(19)7-9-13/h2-9,20H,10-11H2,1H3,(H,21,24)(H,22,23). The lowest BCUT2D eigenvalue weighted by Crippen LogP contribution is -2.35. The Hall–Kier alpha value is -3.42. The van der Waals surface area contributed by atoms with Gasteiger partial charge in [-0.1, -0.05) is 12.1 Å². The van der Waals surface area contributed by atoms with Gasteiger partial charge < -0.3 is 20.7 Å². The van der Waals surface area contributed by atoms with Crippen LogP contribution >= 0.6 is 0 Å². The minimum atomic E-state index is -0.652. The molecule has 0 spiro atoms. The van der Waals surface area contributed by atoms with Crippen molar-refractivity contribution < 1.29 is 23.5 Å². The fraction of sp³-hybridized carbons (Fsp3) is 0.167. The molecule has 0 aliphatic rings. The van der Waals surface area contributed by atoms with Crippen molar-refractivity contribution in [1.29, 1.82) is 0 Å². The first-order valence-corrected chi connectivity index (χ1v) is 7.75. The number of para-hydroxylation sites is 1. The molecule has 0 radical (unpaired) electrons. The minimum absolute atomic E-state index is 0.303. The third kappa shape index (κ3) is 5.59. The molecule has 0 saturated heterocycles. The molecule has 26 heavy (non-hydrogen) atoms. The van der Waals surface area contributed by atoms with E-state index in [4.69, 9.17) is 4.74 Å². The molecule has 0 heterocycles. The van der Waals surface area contributed by atoms with Crippen LogP contribution in [-0.4, -0.2) is 38.0 Å². The zero-order chi connectivity index (χ0) is 18.9. The number of amides is 2. The second-order valence-electron chi connectivity index (χ2n) is 5.20. The first-order chi connectivity index (χ1) is 12.5. The molecule has 2 amide bonds. The molecule has 136 valence electrons. The highest BCUT2D eigenvalue weighted by Gasteiger charge is 2.14. The van der Waals surface area contributed by atoms with Gasteiger partial charge in [-0.25, -0.2) is 9.18 Å². The Bertz CT molecular complexity index is 793. The van der Waals surface area contributed by atoms with Gasteiger partial charge in [0.15, 0.2) is 6.61 Å². The Morgan fingerprint density at radius 2 is 1.69 bits per heavy atom. The maximum absolute atomic E-state index is 12.8. The lowest BCUT2D eigenvalue weighted by molar-refractivity contribution is -0.126. The Morgan fingerprint density at radius 1 is 1.00 bits per heavy atom. The SMILES string of the molecule is CNc1ccccc1C(=O)OCC(=O)NCC(=O)Nc1ccc(F)cc1. The fourth-order valence-corrected chi connectivity index (χ4v) is 2.06. The Labute approximate surface area is 149 Å². The van der Waals surface area contributed by atoms with E-state index >= 15 is 0 Å². The fourth-order valence-electron chi connectivity index (χ4n) is 2.06.